The largest absolute Gasteiger partial charge is 0.454 e. The molecule has 0 fully saturated rings. The number of hydrogen-bond donors (Lipinski definition) is 1. The number of ether oxygens (including phenoxy) is 1. The number of benzene rings is 1. The van der Waals surface area contributed by atoms with Crippen LogP contribution in [-0.4, -0.2) is 50.9 Å². The van der Waals surface area contributed by atoms with Crippen LogP contribution >= 0.6 is 0 Å². The zero-order chi connectivity index (χ0) is 21.3. The summed E-state index contributed by atoms with van der Waals surface area (Å²) in [6.45, 7) is -1.38. The first-order valence-corrected chi connectivity index (χ1v) is 8.38. The van der Waals surface area contributed by atoms with Crippen molar-refractivity contribution in [2.75, 3.05) is 18.5 Å². The van der Waals surface area contributed by atoms with Crippen LogP contribution in [0.2, 0.25) is 0 Å². The lowest BCUT2D eigenvalue weighted by molar-refractivity contribution is -0.147. The molecule has 1 aromatic carbocycles. The molecule has 0 unspecified atom stereocenters. The van der Waals surface area contributed by atoms with Crippen molar-refractivity contribution in [3.63, 3.8) is 0 Å². The molecule has 3 amide bonds. The Labute approximate surface area is 163 Å². The molecular formula is C18H16N4O7. The number of carbonyl (C=O) groups excluding carboxylic acids is 4. The highest BCUT2D eigenvalue weighted by Crippen LogP contribution is 2.22. The lowest BCUT2D eigenvalue weighted by Gasteiger charge is -2.13. The topological polar surface area (TPSA) is 137 Å². The van der Waals surface area contributed by atoms with Crippen molar-refractivity contribution in [3.05, 3.63) is 62.3 Å². The van der Waals surface area contributed by atoms with Crippen LogP contribution in [0.1, 0.15) is 20.7 Å². The van der Waals surface area contributed by atoms with Crippen LogP contribution < -0.4 is 16.6 Å². The van der Waals surface area contributed by atoms with E-state index in [2.05, 4.69) is 5.32 Å². The normalized spacial score (nSPS) is 12.7. The summed E-state index contributed by atoms with van der Waals surface area (Å²) in [6, 6.07) is 7.19. The minimum atomic E-state index is -0.965. The third-order valence-corrected chi connectivity index (χ3v) is 4.32. The number of esters is 1. The van der Waals surface area contributed by atoms with E-state index in [0.29, 0.717) is 0 Å². The molecule has 1 N–H and O–H groups in total. The van der Waals surface area contributed by atoms with Crippen molar-refractivity contribution in [3.8, 4) is 0 Å². The molecule has 0 radical (unpaired) electrons. The fourth-order valence-corrected chi connectivity index (χ4v) is 2.74. The predicted octanol–water partition coefficient (Wildman–Crippen LogP) is -1.14. The minimum Gasteiger partial charge on any atom is -0.454 e. The van der Waals surface area contributed by atoms with E-state index in [1.165, 1.54) is 26.2 Å². The highest BCUT2D eigenvalue weighted by atomic mass is 16.5. The average molecular weight is 400 g/mol. The summed E-state index contributed by atoms with van der Waals surface area (Å²) in [5, 5.41) is 2.29. The maximum absolute atomic E-state index is 12.2. The summed E-state index contributed by atoms with van der Waals surface area (Å²) in [5.74, 6) is -3.08. The Morgan fingerprint density at radius 1 is 0.966 bits per heavy atom. The van der Waals surface area contributed by atoms with Gasteiger partial charge in [-0.1, -0.05) is 12.1 Å². The van der Waals surface area contributed by atoms with E-state index < -0.39 is 48.1 Å². The van der Waals surface area contributed by atoms with E-state index in [1.54, 1.807) is 12.1 Å². The standard InChI is InChI=1S/C18H16N4O7/c1-20-12(7-14(24)21(2)18(20)28)19-13(23)9-29-15(25)8-22-16(26)10-5-3-4-6-11(10)17(22)27/h3-7H,8-9H2,1-2H3,(H,19,23). The zero-order valence-electron chi connectivity index (χ0n) is 15.5. The van der Waals surface area contributed by atoms with Crippen LogP contribution in [0.4, 0.5) is 5.82 Å². The van der Waals surface area contributed by atoms with Crippen LogP contribution in [-0.2, 0) is 28.4 Å². The number of imide groups is 1. The second-order valence-corrected chi connectivity index (χ2v) is 6.22. The molecular weight excluding hydrogens is 384 g/mol. The van der Waals surface area contributed by atoms with Crippen LogP contribution in [0.3, 0.4) is 0 Å². The zero-order valence-corrected chi connectivity index (χ0v) is 15.5. The van der Waals surface area contributed by atoms with Crippen LogP contribution in [0, 0.1) is 0 Å². The number of fused-ring (bicyclic) bond motifs is 1. The van der Waals surface area contributed by atoms with Crippen LogP contribution in [0.5, 0.6) is 0 Å². The van der Waals surface area contributed by atoms with Crippen molar-refractivity contribution in [1.29, 1.82) is 0 Å². The molecule has 2 heterocycles. The number of aromatic nitrogens is 2. The van der Waals surface area contributed by atoms with Crippen molar-refractivity contribution in [2.45, 2.75) is 0 Å². The average Bonchev–Trinajstić information content (AvgIpc) is 2.94. The molecule has 29 heavy (non-hydrogen) atoms. The van der Waals surface area contributed by atoms with Crippen LogP contribution in [0.25, 0.3) is 0 Å². The first-order chi connectivity index (χ1) is 13.7. The van der Waals surface area contributed by atoms with Gasteiger partial charge in [-0.3, -0.25) is 38.0 Å². The SMILES string of the molecule is Cn1c(NC(=O)COC(=O)CN2C(=O)c3ccccc3C2=O)cc(=O)n(C)c1=O. The van der Waals surface area contributed by atoms with E-state index in [1.807, 2.05) is 0 Å². The van der Waals surface area contributed by atoms with Gasteiger partial charge in [0.2, 0.25) is 0 Å². The maximum Gasteiger partial charge on any atom is 0.332 e. The van der Waals surface area contributed by atoms with Gasteiger partial charge >= 0.3 is 11.7 Å². The van der Waals surface area contributed by atoms with Gasteiger partial charge in [0.15, 0.2) is 6.61 Å². The predicted molar refractivity (Wildman–Crippen MR) is 98.3 cm³/mol. The highest BCUT2D eigenvalue weighted by molar-refractivity contribution is 6.22. The Morgan fingerprint density at radius 2 is 1.55 bits per heavy atom. The summed E-state index contributed by atoms with van der Waals surface area (Å²) in [7, 11) is 2.64. The molecule has 1 aromatic heterocycles. The van der Waals surface area contributed by atoms with Gasteiger partial charge in [0.05, 0.1) is 11.1 Å². The number of amides is 3. The summed E-state index contributed by atoms with van der Waals surface area (Å²) < 4.78 is 6.69. The Kier molecular flexibility index (Phi) is 5.13. The van der Waals surface area contributed by atoms with Crippen molar-refractivity contribution in [2.24, 2.45) is 14.1 Å². The van der Waals surface area contributed by atoms with Gasteiger partial charge in [-0.05, 0) is 12.1 Å². The Morgan fingerprint density at radius 3 is 2.14 bits per heavy atom. The molecule has 2 aromatic rings. The summed E-state index contributed by atoms with van der Waals surface area (Å²) >= 11 is 0. The van der Waals surface area contributed by atoms with Gasteiger partial charge in [-0.25, -0.2) is 4.79 Å². The van der Waals surface area contributed by atoms with Crippen molar-refractivity contribution in [1.82, 2.24) is 14.0 Å². The molecule has 1 aliphatic rings. The Balaban J connectivity index is 1.59. The molecule has 0 atom stereocenters. The summed E-state index contributed by atoms with van der Waals surface area (Å²) in [6.07, 6.45) is 0. The monoisotopic (exact) mass is 400 g/mol. The fraction of sp³-hybridized carbons (Fsp3) is 0.222. The molecule has 11 heteroatoms. The van der Waals surface area contributed by atoms with Crippen LogP contribution in [0.15, 0.2) is 39.9 Å². The third-order valence-electron chi connectivity index (χ3n) is 4.32. The Bertz CT molecular complexity index is 1130. The van der Waals surface area contributed by atoms with E-state index in [-0.39, 0.29) is 16.9 Å². The molecule has 0 bridgehead atoms. The number of nitrogens with one attached hydrogen (secondary N) is 1. The van der Waals surface area contributed by atoms with Crippen molar-refractivity contribution >= 4 is 29.5 Å². The van der Waals surface area contributed by atoms with Gasteiger partial charge in [0, 0.05) is 20.2 Å². The smallest absolute Gasteiger partial charge is 0.332 e. The number of hydrogen-bond acceptors (Lipinski definition) is 7. The van der Waals surface area contributed by atoms with Gasteiger partial charge in [-0.2, -0.15) is 0 Å². The van der Waals surface area contributed by atoms with Crippen molar-refractivity contribution < 1.29 is 23.9 Å². The molecule has 0 saturated carbocycles. The molecule has 0 aliphatic carbocycles. The first-order valence-electron chi connectivity index (χ1n) is 8.38. The molecule has 3 rings (SSSR count). The molecule has 11 nitrogen and oxygen atoms in total. The molecule has 0 saturated heterocycles. The van der Waals surface area contributed by atoms with Gasteiger partial charge in [-0.15, -0.1) is 0 Å². The van der Waals surface area contributed by atoms with Gasteiger partial charge in [0.25, 0.3) is 23.3 Å². The lowest BCUT2D eigenvalue weighted by atomic mass is 10.1. The third kappa shape index (κ3) is 3.70. The minimum absolute atomic E-state index is 0.0699. The molecule has 1 aliphatic heterocycles. The quantitative estimate of drug-likeness (QED) is 0.495. The molecule has 150 valence electrons. The molecule has 0 spiro atoms. The van der Waals surface area contributed by atoms with E-state index in [4.69, 9.17) is 4.74 Å². The second-order valence-electron chi connectivity index (χ2n) is 6.22. The number of rotatable bonds is 5. The van der Waals surface area contributed by atoms with E-state index in [9.17, 15) is 28.8 Å². The second kappa shape index (κ2) is 7.54. The lowest BCUT2D eigenvalue weighted by Crippen LogP contribution is -2.39. The number of anilines is 1. The maximum atomic E-state index is 12.2. The number of carbonyl (C=O) groups is 4. The highest BCUT2D eigenvalue weighted by Gasteiger charge is 2.36. The summed E-state index contributed by atoms with van der Waals surface area (Å²) in [5.41, 5.74) is -0.884. The Hall–Kier alpha value is -4.02. The first kappa shape index (κ1) is 19.7. The van der Waals surface area contributed by atoms with Gasteiger partial charge < -0.3 is 10.1 Å². The van der Waals surface area contributed by atoms with E-state index >= 15 is 0 Å². The fourth-order valence-electron chi connectivity index (χ4n) is 2.74. The van der Waals surface area contributed by atoms with Gasteiger partial charge in [0.1, 0.15) is 12.4 Å². The summed E-state index contributed by atoms with van der Waals surface area (Å²) in [4.78, 5) is 72.5. The van der Waals surface area contributed by atoms with E-state index in [0.717, 1.165) is 20.1 Å². The number of nitrogens with zero attached hydrogens (tertiary/aromatic N) is 3.